The highest BCUT2D eigenvalue weighted by Crippen LogP contribution is 2.26. The van der Waals surface area contributed by atoms with E-state index in [1.165, 1.54) is 0 Å². The summed E-state index contributed by atoms with van der Waals surface area (Å²) in [4.78, 5) is 14.1. The number of carboxylic acids is 1. The number of allylic oxidation sites excluding steroid dienone is 1. The van der Waals surface area contributed by atoms with Gasteiger partial charge in [0.2, 0.25) is 0 Å². The third-order valence-corrected chi connectivity index (χ3v) is 1.54. The molecule has 0 heterocycles. The molecule has 0 aromatic rings. The van der Waals surface area contributed by atoms with Crippen molar-refractivity contribution < 1.29 is 9.90 Å². The van der Waals surface area contributed by atoms with E-state index in [1.807, 2.05) is 6.08 Å². The van der Waals surface area contributed by atoms with E-state index in [9.17, 15) is 4.79 Å². The van der Waals surface area contributed by atoms with Crippen molar-refractivity contribution in [1.82, 2.24) is 0 Å². The lowest BCUT2D eigenvalue weighted by Gasteiger charge is -2.05. The summed E-state index contributed by atoms with van der Waals surface area (Å²) < 4.78 is 0. The Kier molecular flexibility index (Phi) is 2.32. The van der Waals surface area contributed by atoms with Gasteiger partial charge in [-0.2, -0.15) is 0 Å². The molecular weight excluding hydrogens is 158 g/mol. The van der Waals surface area contributed by atoms with Crippen LogP contribution in [0.3, 0.4) is 0 Å². The van der Waals surface area contributed by atoms with Crippen LogP contribution in [0.2, 0.25) is 0 Å². The van der Waals surface area contributed by atoms with Gasteiger partial charge in [0.05, 0.1) is 12.5 Å². The Hall–Kier alpha value is -1.52. The molecule has 0 amide bonds. The molecule has 0 aromatic heterocycles. The van der Waals surface area contributed by atoms with Crippen LogP contribution in [-0.2, 0) is 4.79 Å². The van der Waals surface area contributed by atoms with Crippen LogP contribution in [0.4, 0.5) is 0 Å². The summed E-state index contributed by atoms with van der Waals surface area (Å²) in [6, 6.07) is -0.354. The molecule has 0 bridgehead atoms. The van der Waals surface area contributed by atoms with Gasteiger partial charge in [0.1, 0.15) is 0 Å². The quantitative estimate of drug-likeness (QED) is 0.298. The van der Waals surface area contributed by atoms with Gasteiger partial charge in [-0.15, -0.1) is 0 Å². The van der Waals surface area contributed by atoms with Crippen molar-refractivity contribution in [2.24, 2.45) is 16.5 Å². The zero-order chi connectivity index (χ0) is 9.14. The third-order valence-electron chi connectivity index (χ3n) is 1.54. The fourth-order valence-electron chi connectivity index (χ4n) is 0.936. The second-order valence-electron chi connectivity index (χ2n) is 2.65. The maximum atomic E-state index is 10.3. The summed E-state index contributed by atoms with van der Waals surface area (Å²) in [7, 11) is 0. The highest BCUT2D eigenvalue weighted by molar-refractivity contribution is 5.77. The molecule has 66 valence electrons. The Labute approximate surface area is 69.8 Å². The van der Waals surface area contributed by atoms with Gasteiger partial charge in [0.25, 0.3) is 0 Å². The Morgan fingerprint density at radius 1 is 1.75 bits per heavy atom. The maximum Gasteiger partial charge on any atom is 0.305 e. The van der Waals surface area contributed by atoms with Crippen molar-refractivity contribution >= 4 is 11.9 Å². The second kappa shape index (κ2) is 3.25. The van der Waals surface area contributed by atoms with Crippen LogP contribution >= 0.6 is 0 Å². The summed E-state index contributed by atoms with van der Waals surface area (Å²) in [5, 5.41) is 8.50. The van der Waals surface area contributed by atoms with Crippen LogP contribution < -0.4 is 11.5 Å². The minimum atomic E-state index is -0.891. The number of nitrogens with two attached hydrogens (primary N) is 2. The maximum absolute atomic E-state index is 10.3. The molecule has 0 saturated carbocycles. The summed E-state index contributed by atoms with van der Waals surface area (Å²) in [6.07, 6.45) is 2.71. The highest BCUT2D eigenvalue weighted by Gasteiger charge is 2.22. The summed E-state index contributed by atoms with van der Waals surface area (Å²) in [5.74, 6) is -0.952. The predicted octanol–water partition coefficient (Wildman–Crippen LogP) is -0.567. The van der Waals surface area contributed by atoms with Gasteiger partial charge in [0, 0.05) is 0 Å². The van der Waals surface area contributed by atoms with Crippen molar-refractivity contribution in [3.63, 3.8) is 0 Å². The second-order valence-corrected chi connectivity index (χ2v) is 2.65. The van der Waals surface area contributed by atoms with Crippen molar-refractivity contribution in [3.8, 4) is 0 Å². The molecule has 5 nitrogen and oxygen atoms in total. The minimum absolute atomic E-state index is 0.0380. The smallest absolute Gasteiger partial charge is 0.305 e. The van der Waals surface area contributed by atoms with Crippen molar-refractivity contribution in [3.05, 3.63) is 11.6 Å². The molecule has 1 rings (SSSR count). The third kappa shape index (κ3) is 2.61. The van der Waals surface area contributed by atoms with E-state index < -0.39 is 5.97 Å². The molecule has 0 spiro atoms. The number of rotatable bonds is 4. The van der Waals surface area contributed by atoms with E-state index in [4.69, 9.17) is 16.6 Å². The summed E-state index contributed by atoms with van der Waals surface area (Å²) >= 11 is 0. The van der Waals surface area contributed by atoms with Crippen molar-refractivity contribution in [2.75, 3.05) is 0 Å². The number of carboxylic acid groups (broad SMARTS) is 1. The molecule has 1 atom stereocenters. The van der Waals surface area contributed by atoms with Gasteiger partial charge in [-0.1, -0.05) is 6.08 Å². The van der Waals surface area contributed by atoms with Gasteiger partial charge in [-0.25, -0.2) is 4.99 Å². The molecule has 0 radical (unpaired) electrons. The fourth-order valence-corrected chi connectivity index (χ4v) is 0.936. The van der Waals surface area contributed by atoms with Gasteiger partial charge in [-0.3, -0.25) is 4.79 Å². The molecule has 5 N–H and O–H groups in total. The first kappa shape index (κ1) is 8.58. The molecule has 0 fully saturated rings. The monoisotopic (exact) mass is 169 g/mol. The van der Waals surface area contributed by atoms with E-state index in [1.54, 1.807) is 0 Å². The van der Waals surface area contributed by atoms with Gasteiger partial charge >= 0.3 is 5.97 Å². The van der Waals surface area contributed by atoms with Crippen LogP contribution in [0.1, 0.15) is 12.8 Å². The van der Waals surface area contributed by atoms with Crippen LogP contribution in [0.15, 0.2) is 16.6 Å². The summed E-state index contributed by atoms with van der Waals surface area (Å²) in [5.41, 5.74) is 11.3. The Balaban J connectivity index is 2.55. The molecule has 0 aliphatic heterocycles. The van der Waals surface area contributed by atoms with Crippen molar-refractivity contribution in [1.29, 1.82) is 0 Å². The first-order valence-electron chi connectivity index (χ1n) is 3.59. The number of hydrogen-bond acceptors (Lipinski definition) is 2. The van der Waals surface area contributed by atoms with Gasteiger partial charge < -0.3 is 16.6 Å². The Bertz CT molecular complexity index is 253. The van der Waals surface area contributed by atoms with Crippen LogP contribution in [-0.4, -0.2) is 23.1 Å². The average molecular weight is 169 g/mol. The Morgan fingerprint density at radius 2 is 2.33 bits per heavy atom. The molecule has 1 aliphatic rings. The number of hydrogen-bond donors (Lipinski definition) is 3. The van der Waals surface area contributed by atoms with Crippen LogP contribution in [0, 0.1) is 0 Å². The first-order valence-corrected chi connectivity index (χ1v) is 3.59. The molecule has 5 heteroatoms. The largest absolute Gasteiger partial charge is 0.481 e. The molecular formula is C7H11N3O2. The van der Waals surface area contributed by atoms with E-state index in [-0.39, 0.29) is 18.4 Å². The van der Waals surface area contributed by atoms with Gasteiger partial charge in [0.15, 0.2) is 5.96 Å². The van der Waals surface area contributed by atoms with E-state index >= 15 is 0 Å². The van der Waals surface area contributed by atoms with E-state index in [0.29, 0.717) is 0 Å². The lowest BCUT2D eigenvalue weighted by atomic mass is 10.2. The standard InChI is InChI=1S/C7H11N3O2/c8-7(9)10-5(3-6(11)12)4-1-2-4/h1,5H,2-3H2,(H,11,12)(H4,8,9,10). The fraction of sp³-hybridized carbons (Fsp3) is 0.429. The molecule has 0 saturated heterocycles. The van der Waals surface area contributed by atoms with Gasteiger partial charge in [-0.05, 0) is 12.0 Å². The normalized spacial score (nSPS) is 16.2. The Morgan fingerprint density at radius 3 is 2.67 bits per heavy atom. The molecule has 1 aliphatic carbocycles. The molecule has 0 aromatic carbocycles. The molecule has 1 unspecified atom stereocenters. The zero-order valence-corrected chi connectivity index (χ0v) is 6.53. The average Bonchev–Trinajstić information content (AvgIpc) is 2.63. The van der Waals surface area contributed by atoms with E-state index in [2.05, 4.69) is 4.99 Å². The lowest BCUT2D eigenvalue weighted by Crippen LogP contribution is -2.26. The number of guanidine groups is 1. The predicted molar refractivity (Wildman–Crippen MR) is 44.6 cm³/mol. The first-order chi connectivity index (χ1) is 5.59. The SMILES string of the molecule is NC(N)=NC(CC(=O)O)C1=CC1. The topological polar surface area (TPSA) is 102 Å². The van der Waals surface area contributed by atoms with Crippen LogP contribution in [0.5, 0.6) is 0 Å². The number of nitrogens with zero attached hydrogens (tertiary/aromatic N) is 1. The zero-order valence-electron chi connectivity index (χ0n) is 6.53. The minimum Gasteiger partial charge on any atom is -0.481 e. The lowest BCUT2D eigenvalue weighted by molar-refractivity contribution is -0.137. The van der Waals surface area contributed by atoms with Crippen LogP contribution in [0.25, 0.3) is 0 Å². The molecule has 12 heavy (non-hydrogen) atoms. The number of aliphatic carboxylic acids is 1. The number of carbonyl (C=O) groups is 1. The summed E-state index contributed by atoms with van der Waals surface area (Å²) in [6.45, 7) is 0. The van der Waals surface area contributed by atoms with Crippen molar-refractivity contribution in [2.45, 2.75) is 18.9 Å². The highest BCUT2D eigenvalue weighted by atomic mass is 16.4. The van der Waals surface area contributed by atoms with E-state index in [0.717, 1.165) is 12.0 Å². The number of aliphatic imine (C=N–C) groups is 1.